The van der Waals surface area contributed by atoms with E-state index in [1.807, 2.05) is 18.2 Å². The lowest BCUT2D eigenvalue weighted by atomic mass is 10.1. The molecule has 0 aliphatic carbocycles. The third-order valence-corrected chi connectivity index (χ3v) is 2.39. The van der Waals surface area contributed by atoms with Gasteiger partial charge in [-0.2, -0.15) is 5.26 Å². The fourth-order valence-corrected chi connectivity index (χ4v) is 1.50. The van der Waals surface area contributed by atoms with Crippen molar-refractivity contribution in [3.63, 3.8) is 0 Å². The first-order chi connectivity index (χ1) is 8.36. The second-order valence-electron chi connectivity index (χ2n) is 3.61. The molecule has 0 aromatic heterocycles. The van der Waals surface area contributed by atoms with Gasteiger partial charge in [-0.15, -0.1) is 0 Å². The molecule has 88 valence electrons. The maximum absolute atomic E-state index is 8.94. The normalized spacial score (nSPS) is 11.2. The van der Waals surface area contributed by atoms with Crippen LogP contribution in [0.5, 0.6) is 0 Å². The largest absolute Gasteiger partial charge is 0.302 e. The van der Waals surface area contributed by atoms with Crippen LogP contribution in [0.25, 0.3) is 10.4 Å². The maximum Gasteiger partial charge on any atom is 0.0956 e. The van der Waals surface area contributed by atoms with Crippen LogP contribution in [0.3, 0.4) is 0 Å². The van der Waals surface area contributed by atoms with Crippen molar-refractivity contribution in [3.8, 4) is 6.07 Å². The second-order valence-corrected chi connectivity index (χ2v) is 3.61. The molecule has 0 saturated heterocycles. The number of nitriles is 1. The van der Waals surface area contributed by atoms with Gasteiger partial charge in [0.15, 0.2) is 0 Å². The smallest absolute Gasteiger partial charge is 0.0956 e. The van der Waals surface area contributed by atoms with Crippen LogP contribution in [-0.2, 0) is 6.42 Å². The molecule has 1 aromatic rings. The summed E-state index contributed by atoms with van der Waals surface area (Å²) in [5, 5.41) is 15.4. The molecular weight excluding hydrogens is 214 g/mol. The Kier molecular flexibility index (Phi) is 6.27. The summed E-state index contributed by atoms with van der Waals surface area (Å²) in [4.78, 5) is 2.65. The van der Waals surface area contributed by atoms with Crippen LogP contribution in [-0.4, -0.2) is 19.1 Å². The van der Waals surface area contributed by atoms with Gasteiger partial charge in [0, 0.05) is 18.0 Å². The number of hydrogen-bond donors (Lipinski definition) is 1. The van der Waals surface area contributed by atoms with Gasteiger partial charge in [0.05, 0.1) is 12.1 Å². The van der Waals surface area contributed by atoms with E-state index in [1.165, 1.54) is 5.56 Å². The summed E-state index contributed by atoms with van der Waals surface area (Å²) in [6.07, 6.45) is 1.63. The summed E-state index contributed by atoms with van der Waals surface area (Å²) in [5.41, 5.74) is 9.33. The van der Waals surface area contributed by atoms with E-state index in [1.54, 1.807) is 0 Å². The van der Waals surface area contributed by atoms with Gasteiger partial charge < -0.3 is 5.32 Å². The molecule has 1 rings (SSSR count). The Balaban J connectivity index is 2.28. The minimum Gasteiger partial charge on any atom is -0.302 e. The molecule has 0 amide bonds. The summed E-state index contributed by atoms with van der Waals surface area (Å²) in [6, 6.07) is 12.1. The van der Waals surface area contributed by atoms with Gasteiger partial charge >= 0.3 is 0 Å². The predicted octanol–water partition coefficient (Wildman–Crippen LogP) is 2.41. The molecular formula is C12H15N5. The molecule has 0 bridgehead atoms. The van der Waals surface area contributed by atoms with Crippen molar-refractivity contribution in [2.45, 2.75) is 18.9 Å². The lowest BCUT2D eigenvalue weighted by Crippen LogP contribution is -2.30. The van der Waals surface area contributed by atoms with Gasteiger partial charge in [0.2, 0.25) is 0 Å². The van der Waals surface area contributed by atoms with Crippen molar-refractivity contribution >= 4 is 0 Å². The average molecular weight is 229 g/mol. The van der Waals surface area contributed by atoms with Crippen molar-refractivity contribution in [1.29, 1.82) is 5.26 Å². The van der Waals surface area contributed by atoms with Crippen molar-refractivity contribution in [3.05, 3.63) is 46.3 Å². The molecule has 0 spiro atoms. The molecule has 1 aromatic carbocycles. The first-order valence-corrected chi connectivity index (χ1v) is 5.54. The van der Waals surface area contributed by atoms with E-state index in [0.29, 0.717) is 13.1 Å². The average Bonchev–Trinajstić information content (AvgIpc) is 2.39. The van der Waals surface area contributed by atoms with E-state index in [0.717, 1.165) is 12.8 Å². The van der Waals surface area contributed by atoms with Gasteiger partial charge in [-0.3, -0.25) is 0 Å². The van der Waals surface area contributed by atoms with Gasteiger partial charge in [-0.1, -0.05) is 35.4 Å². The van der Waals surface area contributed by atoms with E-state index >= 15 is 0 Å². The topological polar surface area (TPSA) is 84.6 Å². The van der Waals surface area contributed by atoms with E-state index in [9.17, 15) is 0 Å². The van der Waals surface area contributed by atoms with Crippen LogP contribution in [0.15, 0.2) is 35.4 Å². The molecule has 1 unspecified atom stereocenters. The molecule has 5 nitrogen and oxygen atoms in total. The van der Waals surface area contributed by atoms with Crippen LogP contribution in [0.1, 0.15) is 12.0 Å². The van der Waals surface area contributed by atoms with E-state index in [-0.39, 0.29) is 6.04 Å². The number of aryl methyl sites for hydroxylation is 1. The van der Waals surface area contributed by atoms with Crippen LogP contribution in [0.4, 0.5) is 0 Å². The minimum absolute atomic E-state index is 0.191. The molecule has 0 heterocycles. The first-order valence-electron chi connectivity index (χ1n) is 5.54. The first kappa shape index (κ1) is 13.0. The summed E-state index contributed by atoms with van der Waals surface area (Å²) in [5.74, 6) is 0. The lowest BCUT2D eigenvalue weighted by Gasteiger charge is -2.10. The number of hydrogen-bond acceptors (Lipinski definition) is 3. The molecule has 0 aliphatic heterocycles. The molecule has 1 N–H and O–H groups in total. The quantitative estimate of drug-likeness (QED) is 0.337. The maximum atomic E-state index is 8.94. The molecule has 1 atom stereocenters. The summed E-state index contributed by atoms with van der Waals surface area (Å²) in [6.45, 7) is 0.914. The molecule has 17 heavy (non-hydrogen) atoms. The zero-order valence-corrected chi connectivity index (χ0v) is 9.58. The van der Waals surface area contributed by atoms with E-state index in [4.69, 9.17) is 10.8 Å². The number of azide groups is 1. The highest BCUT2D eigenvalue weighted by Crippen LogP contribution is 2.04. The Labute approximate surface area is 101 Å². The Hall–Kier alpha value is -2.02. The van der Waals surface area contributed by atoms with Crippen molar-refractivity contribution in [1.82, 2.24) is 5.32 Å². The van der Waals surface area contributed by atoms with Crippen LogP contribution >= 0.6 is 0 Å². The Morgan fingerprint density at radius 3 is 2.82 bits per heavy atom. The third kappa shape index (κ3) is 5.57. The number of rotatable bonds is 7. The molecule has 5 heteroatoms. The molecule has 0 aliphatic rings. The van der Waals surface area contributed by atoms with Crippen LogP contribution in [0.2, 0.25) is 0 Å². The van der Waals surface area contributed by atoms with E-state index in [2.05, 4.69) is 33.5 Å². The highest BCUT2D eigenvalue weighted by atomic mass is 15.1. The van der Waals surface area contributed by atoms with Gasteiger partial charge in [-0.05, 0) is 23.9 Å². The molecule has 0 saturated carbocycles. The number of benzene rings is 1. The third-order valence-electron chi connectivity index (χ3n) is 2.39. The summed E-state index contributed by atoms with van der Waals surface area (Å²) in [7, 11) is 0. The zero-order valence-electron chi connectivity index (χ0n) is 9.58. The predicted molar refractivity (Wildman–Crippen MR) is 66.2 cm³/mol. The summed E-state index contributed by atoms with van der Waals surface area (Å²) < 4.78 is 0. The number of nitrogens with one attached hydrogen (secondary N) is 1. The van der Waals surface area contributed by atoms with Gasteiger partial charge in [-0.25, -0.2) is 0 Å². The molecule has 0 radical (unpaired) electrons. The van der Waals surface area contributed by atoms with Crippen molar-refractivity contribution in [2.24, 2.45) is 5.11 Å². The Morgan fingerprint density at radius 1 is 1.41 bits per heavy atom. The van der Waals surface area contributed by atoms with Gasteiger partial charge in [0.25, 0.3) is 0 Å². The summed E-state index contributed by atoms with van der Waals surface area (Å²) >= 11 is 0. The Morgan fingerprint density at radius 2 is 2.18 bits per heavy atom. The zero-order chi connectivity index (χ0) is 12.3. The second kappa shape index (κ2) is 8.17. The van der Waals surface area contributed by atoms with Crippen LogP contribution in [0, 0.1) is 11.3 Å². The minimum atomic E-state index is -0.191. The highest BCUT2D eigenvalue weighted by Gasteiger charge is 2.05. The number of nitrogens with zero attached hydrogens (tertiary/aromatic N) is 4. The lowest BCUT2D eigenvalue weighted by molar-refractivity contribution is 0.571. The van der Waals surface area contributed by atoms with Crippen LogP contribution < -0.4 is 5.32 Å². The van der Waals surface area contributed by atoms with Crippen molar-refractivity contribution < 1.29 is 0 Å². The fourth-order valence-electron chi connectivity index (χ4n) is 1.50. The SMILES string of the molecule is N#CC(CCc1ccccc1)NCCN=[N+]=[N-]. The monoisotopic (exact) mass is 229 g/mol. The highest BCUT2D eigenvalue weighted by molar-refractivity contribution is 5.15. The molecule has 0 fully saturated rings. The van der Waals surface area contributed by atoms with Gasteiger partial charge in [0.1, 0.15) is 0 Å². The standard InChI is InChI=1S/C12H15N5/c13-10-12(15-8-9-16-17-14)7-6-11-4-2-1-3-5-11/h1-5,12,15H,6-9H2. The van der Waals surface area contributed by atoms with E-state index < -0.39 is 0 Å². The van der Waals surface area contributed by atoms with Crippen molar-refractivity contribution in [2.75, 3.05) is 13.1 Å². The fraction of sp³-hybridized carbons (Fsp3) is 0.417. The Bertz CT molecular complexity index is 403.